The van der Waals surface area contributed by atoms with E-state index < -0.39 is 0 Å². The molecule has 1 saturated carbocycles. The standard InChI is InChI=1S/C21H33N3O3/c1-2-26-19-7-9-20(10-8-19)27-16-11-22-21(25)17-23-12-14-24(15-13-23)18-5-3-4-6-18/h7-10,18H,2-6,11-17H2,1H3,(H,22,25). The van der Waals surface area contributed by atoms with Gasteiger partial charge in [0.25, 0.3) is 0 Å². The lowest BCUT2D eigenvalue weighted by Gasteiger charge is -2.37. The number of hydrogen-bond donors (Lipinski definition) is 1. The van der Waals surface area contributed by atoms with E-state index in [1.54, 1.807) is 0 Å². The van der Waals surface area contributed by atoms with Gasteiger partial charge in [0.2, 0.25) is 5.91 Å². The summed E-state index contributed by atoms with van der Waals surface area (Å²) < 4.78 is 11.1. The number of ether oxygens (including phenoxy) is 2. The van der Waals surface area contributed by atoms with Gasteiger partial charge >= 0.3 is 0 Å². The molecule has 1 heterocycles. The maximum atomic E-state index is 12.1. The van der Waals surface area contributed by atoms with Gasteiger partial charge in [0.1, 0.15) is 18.1 Å². The van der Waals surface area contributed by atoms with E-state index in [9.17, 15) is 4.79 Å². The third-order valence-electron chi connectivity index (χ3n) is 5.44. The van der Waals surface area contributed by atoms with E-state index in [0.29, 0.717) is 26.3 Å². The van der Waals surface area contributed by atoms with Crippen LogP contribution in [0.1, 0.15) is 32.6 Å². The molecule has 6 heteroatoms. The Morgan fingerprint density at radius 3 is 2.30 bits per heavy atom. The second-order valence-electron chi connectivity index (χ2n) is 7.35. The van der Waals surface area contributed by atoms with E-state index in [1.807, 2.05) is 31.2 Å². The highest BCUT2D eigenvalue weighted by Crippen LogP contribution is 2.24. The molecule has 2 aliphatic rings. The van der Waals surface area contributed by atoms with Crippen molar-refractivity contribution in [1.29, 1.82) is 0 Å². The van der Waals surface area contributed by atoms with E-state index in [4.69, 9.17) is 9.47 Å². The first-order valence-corrected chi connectivity index (χ1v) is 10.3. The molecule has 1 aromatic rings. The summed E-state index contributed by atoms with van der Waals surface area (Å²) in [5.41, 5.74) is 0. The van der Waals surface area contributed by atoms with Crippen LogP contribution in [0.4, 0.5) is 0 Å². The highest BCUT2D eigenvalue weighted by atomic mass is 16.5. The molecule has 0 bridgehead atoms. The summed E-state index contributed by atoms with van der Waals surface area (Å²) in [7, 11) is 0. The van der Waals surface area contributed by atoms with Crippen LogP contribution in [0, 0.1) is 0 Å². The number of rotatable bonds is 9. The molecule has 1 aliphatic heterocycles. The number of carbonyl (C=O) groups excluding carboxylic acids is 1. The van der Waals surface area contributed by atoms with E-state index >= 15 is 0 Å². The first-order chi connectivity index (χ1) is 13.2. The van der Waals surface area contributed by atoms with Crippen molar-refractivity contribution in [3.8, 4) is 11.5 Å². The number of nitrogens with zero attached hydrogens (tertiary/aromatic N) is 2. The first kappa shape index (κ1) is 20.0. The third-order valence-corrected chi connectivity index (χ3v) is 5.44. The number of hydrogen-bond acceptors (Lipinski definition) is 5. The number of nitrogens with one attached hydrogen (secondary N) is 1. The van der Waals surface area contributed by atoms with Crippen LogP contribution in [0.5, 0.6) is 11.5 Å². The van der Waals surface area contributed by atoms with E-state index in [0.717, 1.165) is 43.7 Å². The molecule has 27 heavy (non-hydrogen) atoms. The van der Waals surface area contributed by atoms with Crippen molar-refractivity contribution >= 4 is 5.91 Å². The smallest absolute Gasteiger partial charge is 0.234 e. The Morgan fingerprint density at radius 1 is 1.04 bits per heavy atom. The zero-order valence-corrected chi connectivity index (χ0v) is 16.5. The van der Waals surface area contributed by atoms with Crippen LogP contribution >= 0.6 is 0 Å². The van der Waals surface area contributed by atoms with Crippen LogP contribution in [0.25, 0.3) is 0 Å². The van der Waals surface area contributed by atoms with Crippen LogP contribution < -0.4 is 14.8 Å². The number of amides is 1. The SMILES string of the molecule is CCOc1ccc(OCCNC(=O)CN2CCN(C3CCCC3)CC2)cc1. The molecule has 1 N–H and O–H groups in total. The van der Waals surface area contributed by atoms with Gasteiger partial charge in [-0.25, -0.2) is 0 Å². The largest absolute Gasteiger partial charge is 0.494 e. The second kappa shape index (κ2) is 10.5. The fourth-order valence-electron chi connectivity index (χ4n) is 3.97. The molecule has 0 spiro atoms. The maximum absolute atomic E-state index is 12.1. The molecular formula is C21H33N3O3. The quantitative estimate of drug-likeness (QED) is 0.670. The van der Waals surface area contributed by atoms with Gasteiger partial charge < -0.3 is 14.8 Å². The van der Waals surface area contributed by atoms with Crippen LogP contribution in [-0.2, 0) is 4.79 Å². The van der Waals surface area contributed by atoms with Gasteiger partial charge in [-0.2, -0.15) is 0 Å². The molecule has 6 nitrogen and oxygen atoms in total. The average molecular weight is 376 g/mol. The molecule has 1 aromatic carbocycles. The minimum Gasteiger partial charge on any atom is -0.494 e. The zero-order chi connectivity index (χ0) is 18.9. The van der Waals surface area contributed by atoms with Crippen LogP contribution in [0.2, 0.25) is 0 Å². The summed E-state index contributed by atoms with van der Waals surface area (Å²) in [6.07, 6.45) is 5.47. The van der Waals surface area contributed by atoms with Gasteiger partial charge in [-0.15, -0.1) is 0 Å². The van der Waals surface area contributed by atoms with Crippen LogP contribution in [0.3, 0.4) is 0 Å². The molecule has 3 rings (SSSR count). The third kappa shape index (κ3) is 6.40. The number of benzene rings is 1. The fraction of sp³-hybridized carbons (Fsp3) is 0.667. The van der Waals surface area contributed by atoms with Crippen LogP contribution in [0.15, 0.2) is 24.3 Å². The predicted molar refractivity (Wildman–Crippen MR) is 106 cm³/mol. The highest BCUT2D eigenvalue weighted by molar-refractivity contribution is 5.78. The van der Waals surface area contributed by atoms with Gasteiger partial charge in [0.05, 0.1) is 19.7 Å². The van der Waals surface area contributed by atoms with Crippen molar-refractivity contribution in [2.45, 2.75) is 38.6 Å². The lowest BCUT2D eigenvalue weighted by molar-refractivity contribution is -0.122. The predicted octanol–water partition coefficient (Wildman–Crippen LogP) is 2.14. The lowest BCUT2D eigenvalue weighted by Crippen LogP contribution is -2.52. The van der Waals surface area contributed by atoms with Gasteiger partial charge in [-0.3, -0.25) is 14.6 Å². The van der Waals surface area contributed by atoms with Crippen LogP contribution in [-0.4, -0.2) is 74.2 Å². The number of carbonyl (C=O) groups is 1. The fourth-order valence-corrected chi connectivity index (χ4v) is 3.97. The topological polar surface area (TPSA) is 54.0 Å². The van der Waals surface area contributed by atoms with Crippen molar-refractivity contribution in [3.05, 3.63) is 24.3 Å². The maximum Gasteiger partial charge on any atom is 0.234 e. The van der Waals surface area contributed by atoms with E-state index in [2.05, 4.69) is 15.1 Å². The lowest BCUT2D eigenvalue weighted by atomic mass is 10.2. The molecule has 1 saturated heterocycles. The molecule has 150 valence electrons. The van der Waals surface area contributed by atoms with E-state index in [-0.39, 0.29) is 5.91 Å². The molecule has 2 fully saturated rings. The minimum absolute atomic E-state index is 0.0830. The van der Waals surface area contributed by atoms with Gasteiger partial charge in [0.15, 0.2) is 0 Å². The molecule has 1 aliphatic carbocycles. The first-order valence-electron chi connectivity index (χ1n) is 10.3. The molecule has 0 radical (unpaired) electrons. The Bertz CT molecular complexity index is 565. The van der Waals surface area contributed by atoms with Crippen molar-refractivity contribution in [2.24, 2.45) is 0 Å². The Kier molecular flexibility index (Phi) is 7.78. The normalized spacial score (nSPS) is 19.1. The van der Waals surface area contributed by atoms with Gasteiger partial charge in [-0.1, -0.05) is 12.8 Å². The summed E-state index contributed by atoms with van der Waals surface area (Å²) >= 11 is 0. The second-order valence-corrected chi connectivity index (χ2v) is 7.35. The van der Waals surface area contributed by atoms with Crippen molar-refractivity contribution < 1.29 is 14.3 Å². The highest BCUT2D eigenvalue weighted by Gasteiger charge is 2.26. The monoisotopic (exact) mass is 375 g/mol. The Morgan fingerprint density at radius 2 is 1.67 bits per heavy atom. The Hall–Kier alpha value is -1.79. The number of piperazine rings is 1. The van der Waals surface area contributed by atoms with Crippen molar-refractivity contribution in [2.75, 3.05) is 52.5 Å². The summed E-state index contributed by atoms with van der Waals surface area (Å²) in [6, 6.07) is 8.35. The molecule has 0 unspecified atom stereocenters. The Labute approximate surface area is 162 Å². The van der Waals surface area contributed by atoms with E-state index in [1.165, 1.54) is 25.7 Å². The summed E-state index contributed by atoms with van der Waals surface area (Å²) in [5.74, 6) is 1.71. The van der Waals surface area contributed by atoms with Crippen molar-refractivity contribution in [3.63, 3.8) is 0 Å². The average Bonchev–Trinajstić information content (AvgIpc) is 3.22. The molecule has 1 amide bonds. The molecular weight excluding hydrogens is 342 g/mol. The van der Waals surface area contributed by atoms with Crippen molar-refractivity contribution in [1.82, 2.24) is 15.1 Å². The Balaban J connectivity index is 1.26. The summed E-state index contributed by atoms with van der Waals surface area (Å²) in [4.78, 5) is 17.0. The molecule has 0 atom stereocenters. The summed E-state index contributed by atoms with van der Waals surface area (Å²) in [6.45, 7) is 8.27. The molecule has 0 aromatic heterocycles. The summed E-state index contributed by atoms with van der Waals surface area (Å²) in [5, 5.41) is 2.95. The minimum atomic E-state index is 0.0830. The van der Waals surface area contributed by atoms with Gasteiger partial charge in [0, 0.05) is 32.2 Å². The van der Waals surface area contributed by atoms with Gasteiger partial charge in [-0.05, 0) is 44.0 Å². The zero-order valence-electron chi connectivity index (χ0n) is 16.5.